The summed E-state index contributed by atoms with van der Waals surface area (Å²) in [7, 11) is -2.58. The van der Waals surface area contributed by atoms with Gasteiger partial charge in [0, 0.05) is 22.1 Å². The van der Waals surface area contributed by atoms with Gasteiger partial charge in [0.05, 0.1) is 0 Å². The van der Waals surface area contributed by atoms with Crippen molar-refractivity contribution >= 4 is 29.0 Å². The van der Waals surface area contributed by atoms with Crippen LogP contribution >= 0.6 is 7.14 Å². The number of fused-ring (bicyclic) bond motifs is 1. The van der Waals surface area contributed by atoms with Crippen LogP contribution in [0.4, 0.5) is 10.1 Å². The van der Waals surface area contributed by atoms with Gasteiger partial charge in [0.15, 0.2) is 5.82 Å². The number of rotatable bonds is 2. The van der Waals surface area contributed by atoms with Crippen molar-refractivity contribution in [1.82, 2.24) is 4.98 Å². The standard InChI is InChI=1S/C13H16FN2OP/c1-4-8-5-6-9-12(16-8)10(14)7-11(15)13(9)18(2,3)17/h5-7H,4,15H2,1-3H3. The molecule has 0 aliphatic rings. The lowest BCUT2D eigenvalue weighted by Gasteiger charge is -2.14. The SMILES string of the molecule is CCc1ccc2c(P(C)(C)=O)c(N)cc(F)c2n1. The Morgan fingerprint density at radius 2 is 2.06 bits per heavy atom. The molecule has 18 heavy (non-hydrogen) atoms. The van der Waals surface area contributed by atoms with Crippen LogP contribution in [0, 0.1) is 5.82 Å². The number of anilines is 1. The van der Waals surface area contributed by atoms with Gasteiger partial charge in [-0.1, -0.05) is 13.0 Å². The fraction of sp³-hybridized carbons (Fsp3) is 0.308. The molecule has 1 aromatic carbocycles. The van der Waals surface area contributed by atoms with E-state index in [1.54, 1.807) is 19.4 Å². The molecule has 0 unspecified atom stereocenters. The van der Waals surface area contributed by atoms with Gasteiger partial charge in [0.25, 0.3) is 0 Å². The summed E-state index contributed by atoms with van der Waals surface area (Å²) in [6, 6.07) is 4.79. The monoisotopic (exact) mass is 266 g/mol. The van der Waals surface area contributed by atoms with Crippen LogP contribution in [0.15, 0.2) is 18.2 Å². The Morgan fingerprint density at radius 1 is 1.39 bits per heavy atom. The molecular formula is C13H16FN2OP. The zero-order chi connectivity index (χ0) is 13.5. The molecule has 0 aliphatic heterocycles. The first kappa shape index (κ1) is 13.0. The normalized spacial score (nSPS) is 12.0. The number of pyridine rings is 1. The number of aromatic nitrogens is 1. The number of hydrogen-bond acceptors (Lipinski definition) is 3. The molecule has 0 atom stereocenters. The number of aryl methyl sites for hydroxylation is 1. The molecule has 0 amide bonds. The summed E-state index contributed by atoms with van der Waals surface area (Å²) in [6.07, 6.45) is 0.727. The zero-order valence-electron chi connectivity index (χ0n) is 10.7. The van der Waals surface area contributed by atoms with Crippen LogP contribution in [0.5, 0.6) is 0 Å². The van der Waals surface area contributed by atoms with E-state index in [9.17, 15) is 8.96 Å². The number of nitrogen functional groups attached to an aromatic ring is 1. The van der Waals surface area contributed by atoms with Gasteiger partial charge < -0.3 is 10.3 Å². The number of halogens is 1. The van der Waals surface area contributed by atoms with Crippen LogP contribution < -0.4 is 11.0 Å². The maximum Gasteiger partial charge on any atom is 0.151 e. The molecule has 2 aromatic rings. The third-order valence-corrected chi connectivity index (χ3v) is 4.47. The maximum atomic E-state index is 13.9. The fourth-order valence-electron chi connectivity index (χ4n) is 2.10. The molecule has 0 radical (unpaired) electrons. The Labute approximate surface area is 106 Å². The number of hydrogen-bond donors (Lipinski definition) is 1. The summed E-state index contributed by atoms with van der Waals surface area (Å²) < 4.78 is 26.2. The van der Waals surface area contributed by atoms with E-state index >= 15 is 0 Å². The first-order valence-electron chi connectivity index (χ1n) is 5.77. The largest absolute Gasteiger partial charge is 0.398 e. The molecule has 0 saturated carbocycles. The van der Waals surface area contributed by atoms with Crippen LogP contribution in [0.25, 0.3) is 10.9 Å². The zero-order valence-corrected chi connectivity index (χ0v) is 11.6. The molecule has 1 aromatic heterocycles. The van der Waals surface area contributed by atoms with Gasteiger partial charge in [0.1, 0.15) is 12.7 Å². The molecule has 2 rings (SSSR count). The molecule has 0 aliphatic carbocycles. The second kappa shape index (κ2) is 4.36. The summed E-state index contributed by atoms with van der Waals surface area (Å²) in [6.45, 7) is 5.21. The average molecular weight is 266 g/mol. The Bertz CT molecular complexity index is 664. The minimum Gasteiger partial charge on any atom is -0.398 e. The van der Waals surface area contributed by atoms with Crippen molar-refractivity contribution in [2.45, 2.75) is 13.3 Å². The van der Waals surface area contributed by atoms with E-state index in [0.29, 0.717) is 10.7 Å². The van der Waals surface area contributed by atoms with E-state index in [4.69, 9.17) is 5.73 Å². The van der Waals surface area contributed by atoms with Gasteiger partial charge in [-0.05, 0) is 31.9 Å². The Hall–Kier alpha value is -1.41. The molecular weight excluding hydrogens is 250 g/mol. The second-order valence-electron chi connectivity index (χ2n) is 4.70. The maximum absolute atomic E-state index is 13.9. The number of benzene rings is 1. The molecule has 0 fully saturated rings. The molecule has 96 valence electrons. The predicted octanol–water partition coefficient (Wildman–Crippen LogP) is 2.77. The fourth-order valence-corrected chi connectivity index (χ4v) is 3.55. The first-order valence-corrected chi connectivity index (χ1v) is 8.38. The van der Waals surface area contributed by atoms with E-state index < -0.39 is 13.0 Å². The van der Waals surface area contributed by atoms with Crippen molar-refractivity contribution in [3.05, 3.63) is 29.7 Å². The van der Waals surface area contributed by atoms with Crippen LogP contribution in [0.3, 0.4) is 0 Å². The highest BCUT2D eigenvalue weighted by atomic mass is 31.2. The summed E-state index contributed by atoms with van der Waals surface area (Å²) in [5.41, 5.74) is 7.10. The van der Waals surface area contributed by atoms with Crippen molar-refractivity contribution in [2.24, 2.45) is 0 Å². The Balaban J connectivity index is 2.92. The van der Waals surface area contributed by atoms with Crippen LogP contribution in [0.1, 0.15) is 12.6 Å². The third-order valence-electron chi connectivity index (χ3n) is 2.89. The smallest absolute Gasteiger partial charge is 0.151 e. The van der Waals surface area contributed by atoms with Crippen molar-refractivity contribution < 1.29 is 8.96 Å². The van der Waals surface area contributed by atoms with Gasteiger partial charge in [-0.15, -0.1) is 0 Å². The van der Waals surface area contributed by atoms with Gasteiger partial charge in [-0.3, -0.25) is 0 Å². The first-order chi connectivity index (χ1) is 8.34. The number of nitrogens with zero attached hydrogens (tertiary/aromatic N) is 1. The quantitative estimate of drug-likeness (QED) is 0.671. The van der Waals surface area contributed by atoms with E-state index in [0.717, 1.165) is 12.1 Å². The Morgan fingerprint density at radius 3 is 2.61 bits per heavy atom. The minimum absolute atomic E-state index is 0.236. The molecule has 3 nitrogen and oxygen atoms in total. The molecule has 5 heteroatoms. The summed E-state index contributed by atoms with van der Waals surface area (Å²) >= 11 is 0. The Kier molecular flexibility index (Phi) is 3.16. The third kappa shape index (κ3) is 2.13. The van der Waals surface area contributed by atoms with Crippen LogP contribution in [-0.4, -0.2) is 18.3 Å². The summed E-state index contributed by atoms with van der Waals surface area (Å²) in [5, 5.41) is 1.08. The molecule has 0 saturated heterocycles. The van der Waals surface area contributed by atoms with Gasteiger partial charge >= 0.3 is 0 Å². The van der Waals surface area contributed by atoms with Crippen LogP contribution in [-0.2, 0) is 11.0 Å². The lowest BCUT2D eigenvalue weighted by Crippen LogP contribution is -2.13. The molecule has 1 heterocycles. The van der Waals surface area contributed by atoms with Crippen molar-refractivity contribution in [3.63, 3.8) is 0 Å². The van der Waals surface area contributed by atoms with Gasteiger partial charge in [-0.2, -0.15) is 0 Å². The van der Waals surface area contributed by atoms with Crippen molar-refractivity contribution in [2.75, 3.05) is 19.1 Å². The van der Waals surface area contributed by atoms with E-state index in [1.807, 2.05) is 13.0 Å². The minimum atomic E-state index is -2.58. The number of nitrogens with two attached hydrogens (primary N) is 1. The van der Waals surface area contributed by atoms with Crippen LogP contribution in [0.2, 0.25) is 0 Å². The summed E-state index contributed by atoms with van der Waals surface area (Å²) in [5.74, 6) is -0.463. The van der Waals surface area contributed by atoms with Gasteiger partial charge in [-0.25, -0.2) is 9.37 Å². The lowest BCUT2D eigenvalue weighted by atomic mass is 10.1. The van der Waals surface area contributed by atoms with Crippen molar-refractivity contribution in [1.29, 1.82) is 0 Å². The predicted molar refractivity (Wildman–Crippen MR) is 74.6 cm³/mol. The highest BCUT2D eigenvalue weighted by Crippen LogP contribution is 2.40. The van der Waals surface area contributed by atoms with E-state index in [2.05, 4.69) is 4.98 Å². The summed E-state index contributed by atoms with van der Waals surface area (Å²) in [4.78, 5) is 4.26. The lowest BCUT2D eigenvalue weighted by molar-refractivity contribution is 0.588. The average Bonchev–Trinajstić information content (AvgIpc) is 2.26. The second-order valence-corrected chi connectivity index (χ2v) is 7.85. The molecule has 0 bridgehead atoms. The highest BCUT2D eigenvalue weighted by Gasteiger charge is 2.21. The van der Waals surface area contributed by atoms with Gasteiger partial charge in [0.2, 0.25) is 0 Å². The molecule has 2 N–H and O–H groups in total. The van der Waals surface area contributed by atoms with E-state index in [1.165, 1.54) is 6.07 Å². The topological polar surface area (TPSA) is 56.0 Å². The van der Waals surface area contributed by atoms with Crippen molar-refractivity contribution in [3.8, 4) is 0 Å². The molecule has 0 spiro atoms. The highest BCUT2D eigenvalue weighted by molar-refractivity contribution is 7.71. The van der Waals surface area contributed by atoms with E-state index in [-0.39, 0.29) is 11.2 Å².